The van der Waals surface area contributed by atoms with Gasteiger partial charge in [-0.25, -0.2) is 0 Å². The number of nitrogens with zero attached hydrogens (tertiary/aromatic N) is 2. The number of aromatic nitrogens is 1. The lowest BCUT2D eigenvalue weighted by atomic mass is 9.83. The van der Waals surface area contributed by atoms with Crippen molar-refractivity contribution in [2.75, 3.05) is 13.1 Å². The Balaban J connectivity index is 1.29. The second-order valence-electron chi connectivity index (χ2n) is 7.93. The lowest BCUT2D eigenvalue weighted by Gasteiger charge is -2.44. The fourth-order valence-electron chi connectivity index (χ4n) is 4.99. The third-order valence-electron chi connectivity index (χ3n) is 6.15. The van der Waals surface area contributed by atoms with Crippen molar-refractivity contribution in [3.8, 4) is 0 Å². The topological polar surface area (TPSA) is 37.3 Å². The van der Waals surface area contributed by atoms with Crippen molar-refractivity contribution in [3.63, 3.8) is 0 Å². The van der Waals surface area contributed by atoms with E-state index in [4.69, 9.17) is 12.2 Å². The Morgan fingerprint density at radius 3 is 2.54 bits per heavy atom. The van der Waals surface area contributed by atoms with Crippen LogP contribution in [0.1, 0.15) is 29.2 Å². The average Bonchev–Trinajstić information content (AvgIpc) is 3.05. The van der Waals surface area contributed by atoms with Crippen LogP contribution in [0.4, 0.5) is 0 Å². The lowest BCUT2D eigenvalue weighted by Crippen LogP contribution is -2.53. The number of likely N-dealkylation sites (tertiary alicyclic amines) is 1. The number of piperidine rings is 1. The molecule has 3 aliphatic rings. The number of nitrogens with one attached hydrogen (secondary N) is 1. The van der Waals surface area contributed by atoms with Gasteiger partial charge in [-0.15, -0.1) is 0 Å². The summed E-state index contributed by atoms with van der Waals surface area (Å²) in [5.41, 5.74) is 4.19. The highest BCUT2D eigenvalue weighted by Gasteiger charge is 2.35. The highest BCUT2D eigenvalue weighted by atomic mass is 32.1. The summed E-state index contributed by atoms with van der Waals surface area (Å²) in [6, 6.07) is 14.7. The molecule has 134 valence electrons. The molecule has 2 atom stereocenters. The Morgan fingerprint density at radius 1 is 1.00 bits per heavy atom. The second kappa shape index (κ2) is 6.23. The van der Waals surface area contributed by atoms with E-state index in [9.17, 15) is 4.79 Å². The predicted molar refractivity (Wildman–Crippen MR) is 106 cm³/mol. The van der Waals surface area contributed by atoms with Crippen molar-refractivity contribution < 1.29 is 0 Å². The fourth-order valence-corrected chi connectivity index (χ4v) is 5.30. The largest absolute Gasteiger partial charge is 0.359 e. The molecule has 1 aliphatic carbocycles. The second-order valence-corrected chi connectivity index (χ2v) is 8.31. The van der Waals surface area contributed by atoms with Gasteiger partial charge in [0.25, 0.3) is 5.56 Å². The maximum Gasteiger partial charge on any atom is 0.250 e. The number of fused-ring (bicyclic) bond motifs is 5. The van der Waals surface area contributed by atoms with Crippen LogP contribution in [0, 0.1) is 5.92 Å². The molecule has 1 aromatic heterocycles. The third-order valence-corrected chi connectivity index (χ3v) is 6.52. The monoisotopic (exact) mass is 365 g/mol. The molecule has 0 saturated carbocycles. The van der Waals surface area contributed by atoms with Crippen molar-refractivity contribution in [3.05, 3.63) is 69.6 Å². The van der Waals surface area contributed by atoms with Gasteiger partial charge < -0.3 is 14.8 Å². The maximum absolute atomic E-state index is 12.2. The normalized spacial score (nSPS) is 24.1. The van der Waals surface area contributed by atoms with Crippen molar-refractivity contribution in [1.29, 1.82) is 0 Å². The average molecular weight is 366 g/mol. The maximum atomic E-state index is 12.2. The molecule has 2 aromatic rings. The Labute approximate surface area is 158 Å². The number of hydrogen-bond donors (Lipinski definition) is 1. The molecular formula is C21H23N3OS. The summed E-state index contributed by atoms with van der Waals surface area (Å²) >= 11 is 5.77. The van der Waals surface area contributed by atoms with E-state index in [-0.39, 0.29) is 5.56 Å². The van der Waals surface area contributed by atoms with Gasteiger partial charge >= 0.3 is 0 Å². The number of thiocarbonyl (C=S) groups is 1. The molecular weight excluding hydrogens is 342 g/mol. The molecule has 1 fully saturated rings. The molecule has 26 heavy (non-hydrogen) atoms. The van der Waals surface area contributed by atoms with Crippen LogP contribution in [0.15, 0.2) is 47.3 Å². The van der Waals surface area contributed by atoms with Crippen LogP contribution in [-0.2, 0) is 19.4 Å². The number of hydrogen-bond acceptors (Lipinski definition) is 2. The van der Waals surface area contributed by atoms with Crippen molar-refractivity contribution >= 4 is 17.3 Å². The van der Waals surface area contributed by atoms with Crippen LogP contribution < -0.4 is 10.9 Å². The molecule has 1 saturated heterocycles. The molecule has 0 amide bonds. The first-order valence-corrected chi connectivity index (χ1v) is 9.90. The van der Waals surface area contributed by atoms with Gasteiger partial charge in [0.2, 0.25) is 0 Å². The molecule has 0 radical (unpaired) electrons. The Morgan fingerprint density at radius 2 is 1.77 bits per heavy atom. The van der Waals surface area contributed by atoms with E-state index >= 15 is 0 Å². The highest BCUT2D eigenvalue weighted by Crippen LogP contribution is 2.35. The van der Waals surface area contributed by atoms with Crippen molar-refractivity contribution in [2.24, 2.45) is 5.92 Å². The first-order valence-electron chi connectivity index (χ1n) is 9.49. The minimum Gasteiger partial charge on any atom is -0.359 e. The van der Waals surface area contributed by atoms with Crippen LogP contribution in [0.3, 0.4) is 0 Å². The first kappa shape index (κ1) is 16.1. The fraction of sp³-hybridized carbons (Fsp3) is 0.429. The molecule has 2 bridgehead atoms. The predicted octanol–water partition coefficient (Wildman–Crippen LogP) is 2.31. The van der Waals surface area contributed by atoms with Gasteiger partial charge in [-0.2, -0.15) is 0 Å². The molecule has 3 heterocycles. The van der Waals surface area contributed by atoms with Crippen LogP contribution in [0.25, 0.3) is 0 Å². The summed E-state index contributed by atoms with van der Waals surface area (Å²) < 4.78 is 1.97. The third kappa shape index (κ3) is 2.75. The van der Waals surface area contributed by atoms with Gasteiger partial charge in [0.1, 0.15) is 0 Å². The van der Waals surface area contributed by atoms with Crippen LogP contribution in [-0.4, -0.2) is 33.7 Å². The van der Waals surface area contributed by atoms with E-state index in [0.29, 0.717) is 17.9 Å². The summed E-state index contributed by atoms with van der Waals surface area (Å²) in [6.45, 7) is 2.67. The van der Waals surface area contributed by atoms with Crippen molar-refractivity contribution in [1.82, 2.24) is 14.8 Å². The summed E-state index contributed by atoms with van der Waals surface area (Å²) in [4.78, 5) is 14.5. The first-order chi connectivity index (χ1) is 12.7. The number of pyridine rings is 1. The molecule has 1 N–H and O–H groups in total. The molecule has 1 aromatic carbocycles. The summed E-state index contributed by atoms with van der Waals surface area (Å²) in [6.07, 6.45) is 3.27. The molecule has 0 spiro atoms. The van der Waals surface area contributed by atoms with Gasteiger partial charge in [-0.05, 0) is 54.6 Å². The van der Waals surface area contributed by atoms with E-state index < -0.39 is 0 Å². The molecule has 5 rings (SSSR count). The molecule has 4 nitrogen and oxygen atoms in total. The molecule has 5 heteroatoms. The van der Waals surface area contributed by atoms with E-state index in [1.807, 2.05) is 10.6 Å². The van der Waals surface area contributed by atoms with Crippen LogP contribution in [0.2, 0.25) is 0 Å². The zero-order valence-corrected chi connectivity index (χ0v) is 15.5. The van der Waals surface area contributed by atoms with Crippen molar-refractivity contribution in [2.45, 2.75) is 37.8 Å². The van der Waals surface area contributed by atoms with E-state index in [2.05, 4.69) is 40.5 Å². The Bertz CT molecular complexity index is 896. The SMILES string of the molecule is O=c1cccc2n1C[C@H]1C[C@@H]2CN(C(=S)NC2Cc3ccccc3C2)C1. The minimum atomic E-state index is 0.134. The van der Waals surface area contributed by atoms with Gasteiger partial charge in [-0.1, -0.05) is 30.3 Å². The van der Waals surface area contributed by atoms with E-state index in [1.165, 1.54) is 16.8 Å². The summed E-state index contributed by atoms with van der Waals surface area (Å²) in [5, 5.41) is 4.49. The quantitative estimate of drug-likeness (QED) is 0.787. The summed E-state index contributed by atoms with van der Waals surface area (Å²) in [7, 11) is 0. The van der Waals surface area contributed by atoms with Crippen LogP contribution in [0.5, 0.6) is 0 Å². The van der Waals surface area contributed by atoms with Gasteiger partial charge in [0, 0.05) is 43.4 Å². The lowest BCUT2D eigenvalue weighted by molar-refractivity contribution is 0.176. The highest BCUT2D eigenvalue weighted by molar-refractivity contribution is 7.80. The van der Waals surface area contributed by atoms with Gasteiger partial charge in [0.05, 0.1) is 0 Å². The molecule has 0 unspecified atom stereocenters. The van der Waals surface area contributed by atoms with E-state index in [1.54, 1.807) is 6.07 Å². The molecule has 2 aliphatic heterocycles. The standard InChI is InChI=1S/C21H23N3OS/c25-20-7-3-6-19-17-8-14(12-24(19)20)11-23(13-17)21(26)22-18-9-15-4-1-2-5-16(15)10-18/h1-7,14,17-18H,8-13H2,(H,22,26)/t14-,17+/m0/s1. The Hall–Kier alpha value is -2.14. The zero-order chi connectivity index (χ0) is 17.7. The Kier molecular flexibility index (Phi) is 3.85. The van der Waals surface area contributed by atoms with Gasteiger partial charge in [0.15, 0.2) is 5.11 Å². The summed E-state index contributed by atoms with van der Waals surface area (Å²) in [5.74, 6) is 0.902. The number of benzene rings is 1. The van der Waals surface area contributed by atoms with Gasteiger partial charge in [-0.3, -0.25) is 4.79 Å². The van der Waals surface area contributed by atoms with E-state index in [0.717, 1.165) is 44.0 Å². The number of rotatable bonds is 1. The van der Waals surface area contributed by atoms with Crippen LogP contribution >= 0.6 is 12.2 Å². The minimum absolute atomic E-state index is 0.134. The smallest absolute Gasteiger partial charge is 0.250 e. The zero-order valence-electron chi connectivity index (χ0n) is 14.7.